The second-order valence-electron chi connectivity index (χ2n) is 5.89. The van der Waals surface area contributed by atoms with Crippen molar-refractivity contribution in [3.8, 4) is 16.3 Å². The second kappa shape index (κ2) is 7.43. The number of aryl methyl sites for hydroxylation is 1. The predicted octanol–water partition coefficient (Wildman–Crippen LogP) is 3.99. The van der Waals surface area contributed by atoms with E-state index in [1.54, 1.807) is 41.4 Å². The Morgan fingerprint density at radius 3 is 2.67 bits per heavy atom. The minimum absolute atomic E-state index is 0.238. The van der Waals surface area contributed by atoms with Crippen LogP contribution in [0.4, 0.5) is 5.82 Å². The average Bonchev–Trinajstić information content (AvgIpc) is 3.41. The van der Waals surface area contributed by atoms with Crippen LogP contribution in [0.3, 0.4) is 0 Å². The maximum Gasteiger partial charge on any atom is 0.249 e. The number of thiophene rings is 1. The number of rotatable bonds is 5. The van der Waals surface area contributed by atoms with Crippen molar-refractivity contribution in [1.82, 2.24) is 19.6 Å². The number of aromatic nitrogens is 4. The lowest BCUT2D eigenvalue weighted by Gasteiger charge is -1.99. The first-order valence-electron chi connectivity index (χ1n) is 8.37. The fourth-order valence-electron chi connectivity index (χ4n) is 2.64. The molecule has 0 aliphatic carbocycles. The van der Waals surface area contributed by atoms with E-state index < -0.39 is 0 Å². The number of hydrogen-bond donors (Lipinski definition) is 1. The van der Waals surface area contributed by atoms with E-state index in [2.05, 4.69) is 10.4 Å². The van der Waals surface area contributed by atoms with Crippen LogP contribution >= 0.6 is 11.3 Å². The van der Waals surface area contributed by atoms with Gasteiger partial charge in [-0.25, -0.2) is 4.68 Å². The van der Waals surface area contributed by atoms with Crippen LogP contribution in [0.2, 0.25) is 0 Å². The van der Waals surface area contributed by atoms with E-state index >= 15 is 0 Å². The van der Waals surface area contributed by atoms with Gasteiger partial charge in [-0.2, -0.15) is 10.2 Å². The number of para-hydroxylation sites is 1. The van der Waals surface area contributed by atoms with E-state index in [-0.39, 0.29) is 5.91 Å². The highest BCUT2D eigenvalue weighted by atomic mass is 32.1. The third-order valence-electron chi connectivity index (χ3n) is 3.90. The number of hydrogen-bond acceptors (Lipinski definition) is 4. The average molecular weight is 375 g/mol. The van der Waals surface area contributed by atoms with Crippen LogP contribution in [0.1, 0.15) is 5.56 Å². The fraction of sp³-hybridized carbons (Fsp3) is 0.0500. The third-order valence-corrected chi connectivity index (χ3v) is 4.77. The van der Waals surface area contributed by atoms with Crippen LogP contribution < -0.4 is 5.32 Å². The number of amides is 1. The van der Waals surface area contributed by atoms with E-state index in [0.29, 0.717) is 5.82 Å². The Hall–Kier alpha value is -3.45. The Kier molecular flexibility index (Phi) is 4.67. The highest BCUT2D eigenvalue weighted by Crippen LogP contribution is 2.28. The molecule has 0 atom stereocenters. The molecule has 1 aromatic carbocycles. The number of carbonyl (C=O) groups excluding carboxylic acids is 1. The highest BCUT2D eigenvalue weighted by molar-refractivity contribution is 7.13. The summed E-state index contributed by atoms with van der Waals surface area (Å²) in [5, 5.41) is 13.6. The molecule has 0 aliphatic rings. The SMILES string of the molecule is Cn1ccc(NC(=O)/C=C/c2cn(-c3ccccc3)nc2-c2cccs2)n1. The molecule has 0 fully saturated rings. The minimum atomic E-state index is -0.238. The largest absolute Gasteiger partial charge is 0.306 e. The monoisotopic (exact) mass is 375 g/mol. The van der Waals surface area contributed by atoms with Crippen LogP contribution in [0.5, 0.6) is 0 Å². The zero-order valence-corrected chi connectivity index (χ0v) is 15.4. The summed E-state index contributed by atoms with van der Waals surface area (Å²) in [6.45, 7) is 0. The topological polar surface area (TPSA) is 64.7 Å². The zero-order valence-electron chi connectivity index (χ0n) is 14.6. The van der Waals surface area contributed by atoms with Crippen molar-refractivity contribution >= 4 is 29.1 Å². The summed E-state index contributed by atoms with van der Waals surface area (Å²) in [5.74, 6) is 0.281. The van der Waals surface area contributed by atoms with Crippen molar-refractivity contribution in [3.05, 3.63) is 77.9 Å². The molecule has 0 spiro atoms. The van der Waals surface area contributed by atoms with Gasteiger partial charge in [0.1, 0.15) is 5.69 Å². The number of nitrogens with zero attached hydrogens (tertiary/aromatic N) is 4. The van der Waals surface area contributed by atoms with Gasteiger partial charge in [0, 0.05) is 37.1 Å². The molecule has 4 rings (SSSR count). The summed E-state index contributed by atoms with van der Waals surface area (Å²) >= 11 is 1.62. The minimum Gasteiger partial charge on any atom is -0.306 e. The van der Waals surface area contributed by atoms with E-state index in [1.165, 1.54) is 6.08 Å². The molecule has 1 amide bonds. The lowest BCUT2D eigenvalue weighted by Crippen LogP contribution is -2.08. The molecule has 0 bridgehead atoms. The molecule has 0 radical (unpaired) electrons. The van der Waals surface area contributed by atoms with Gasteiger partial charge in [-0.05, 0) is 29.7 Å². The quantitative estimate of drug-likeness (QED) is 0.537. The lowest BCUT2D eigenvalue weighted by atomic mass is 10.2. The molecule has 134 valence electrons. The van der Waals surface area contributed by atoms with Crippen molar-refractivity contribution < 1.29 is 4.79 Å². The van der Waals surface area contributed by atoms with Gasteiger partial charge in [-0.1, -0.05) is 24.3 Å². The van der Waals surface area contributed by atoms with Gasteiger partial charge < -0.3 is 5.32 Å². The number of nitrogens with one attached hydrogen (secondary N) is 1. The van der Waals surface area contributed by atoms with Gasteiger partial charge in [0.05, 0.1) is 10.6 Å². The Morgan fingerprint density at radius 1 is 1.11 bits per heavy atom. The summed E-state index contributed by atoms with van der Waals surface area (Å²) in [5.41, 5.74) is 2.68. The molecule has 0 unspecified atom stereocenters. The van der Waals surface area contributed by atoms with Crippen molar-refractivity contribution in [2.45, 2.75) is 0 Å². The van der Waals surface area contributed by atoms with Crippen molar-refractivity contribution in [2.75, 3.05) is 5.32 Å². The first-order valence-corrected chi connectivity index (χ1v) is 9.25. The van der Waals surface area contributed by atoms with Crippen LogP contribution in [-0.4, -0.2) is 25.5 Å². The molecule has 0 saturated heterocycles. The third kappa shape index (κ3) is 3.88. The smallest absolute Gasteiger partial charge is 0.249 e. The molecule has 0 aliphatic heterocycles. The van der Waals surface area contributed by atoms with E-state index in [0.717, 1.165) is 21.8 Å². The number of anilines is 1. The van der Waals surface area contributed by atoms with E-state index in [9.17, 15) is 4.79 Å². The highest BCUT2D eigenvalue weighted by Gasteiger charge is 2.12. The van der Waals surface area contributed by atoms with Crippen LogP contribution in [0, 0.1) is 0 Å². The number of benzene rings is 1. The lowest BCUT2D eigenvalue weighted by molar-refractivity contribution is -0.111. The van der Waals surface area contributed by atoms with Crippen LogP contribution in [-0.2, 0) is 11.8 Å². The fourth-order valence-corrected chi connectivity index (χ4v) is 3.37. The van der Waals surface area contributed by atoms with Gasteiger partial charge in [0.2, 0.25) is 5.91 Å². The zero-order chi connectivity index (χ0) is 18.6. The van der Waals surface area contributed by atoms with Crippen molar-refractivity contribution in [1.29, 1.82) is 0 Å². The maximum absolute atomic E-state index is 12.2. The summed E-state index contributed by atoms with van der Waals surface area (Å²) in [6.07, 6.45) is 6.98. The molecule has 6 nitrogen and oxygen atoms in total. The number of carbonyl (C=O) groups is 1. The summed E-state index contributed by atoms with van der Waals surface area (Å²) in [4.78, 5) is 13.2. The molecule has 3 aromatic heterocycles. The first-order chi connectivity index (χ1) is 13.2. The molecule has 27 heavy (non-hydrogen) atoms. The van der Waals surface area contributed by atoms with Gasteiger partial charge >= 0.3 is 0 Å². The molecule has 0 saturated carbocycles. The van der Waals surface area contributed by atoms with Gasteiger partial charge in [-0.15, -0.1) is 11.3 Å². The van der Waals surface area contributed by atoms with Crippen LogP contribution in [0.25, 0.3) is 22.3 Å². The molecule has 7 heteroatoms. The van der Waals surface area contributed by atoms with E-state index in [4.69, 9.17) is 5.10 Å². The molecule has 1 N–H and O–H groups in total. The standard InChI is InChI=1S/C20H17N5OS/c1-24-12-11-18(22-24)21-19(26)10-9-15-14-25(16-6-3-2-4-7-16)23-20(15)17-8-5-13-27-17/h2-14H,1H3,(H,21,22,26)/b10-9+. The Morgan fingerprint density at radius 2 is 1.96 bits per heavy atom. The Balaban J connectivity index is 1.62. The van der Waals surface area contributed by atoms with Gasteiger partial charge in [0.15, 0.2) is 5.82 Å². The van der Waals surface area contributed by atoms with Gasteiger partial charge in [-0.3, -0.25) is 9.48 Å². The predicted molar refractivity (Wildman–Crippen MR) is 108 cm³/mol. The molecular weight excluding hydrogens is 358 g/mol. The summed E-state index contributed by atoms with van der Waals surface area (Å²) in [6, 6.07) is 15.6. The van der Waals surface area contributed by atoms with Crippen LogP contribution in [0.15, 0.2) is 72.4 Å². The Labute approximate surface area is 160 Å². The van der Waals surface area contributed by atoms with Crippen molar-refractivity contribution in [2.24, 2.45) is 7.05 Å². The molecule has 4 aromatic rings. The maximum atomic E-state index is 12.2. The van der Waals surface area contributed by atoms with Gasteiger partial charge in [0.25, 0.3) is 0 Å². The molecular formula is C20H17N5OS. The summed E-state index contributed by atoms with van der Waals surface area (Å²) in [7, 11) is 1.80. The molecule has 3 heterocycles. The normalized spacial score (nSPS) is 11.1. The summed E-state index contributed by atoms with van der Waals surface area (Å²) < 4.78 is 3.46. The second-order valence-corrected chi connectivity index (χ2v) is 6.84. The first kappa shape index (κ1) is 17.0. The van der Waals surface area contributed by atoms with E-state index in [1.807, 2.05) is 58.7 Å². The Bertz CT molecular complexity index is 1080. The van der Waals surface area contributed by atoms with Crippen molar-refractivity contribution in [3.63, 3.8) is 0 Å².